The molecule has 0 atom stereocenters. The highest BCUT2D eigenvalue weighted by Crippen LogP contribution is 2.13. The minimum absolute atomic E-state index is 0.0245. The number of aromatic nitrogens is 4. The number of ether oxygens (including phenoxy) is 1. The standard InChI is InChI=1S/C16H16N4O4/c1-18-14-13(15(22)19(2)16(18)23)17-9-20(14)8-12(21)10-4-6-11(24-3)7-5-10/h4-7,9H,8H2,1-3H3. The predicted octanol–water partition coefficient (Wildman–Crippen LogP) is 0.325. The van der Waals surface area contributed by atoms with Crippen molar-refractivity contribution in [1.29, 1.82) is 0 Å². The Morgan fingerprint density at radius 2 is 1.79 bits per heavy atom. The molecule has 0 spiro atoms. The van der Waals surface area contributed by atoms with Gasteiger partial charge in [0.1, 0.15) is 11.4 Å². The van der Waals surface area contributed by atoms with Gasteiger partial charge in [0, 0.05) is 19.7 Å². The number of carbonyl (C=O) groups is 1. The first-order valence-corrected chi connectivity index (χ1v) is 7.22. The number of rotatable bonds is 4. The highest BCUT2D eigenvalue weighted by Gasteiger charge is 2.16. The first-order chi connectivity index (χ1) is 11.4. The maximum absolute atomic E-state index is 12.4. The molecule has 0 saturated heterocycles. The van der Waals surface area contributed by atoms with Gasteiger partial charge in [0.2, 0.25) is 0 Å². The average molecular weight is 328 g/mol. The first-order valence-electron chi connectivity index (χ1n) is 7.22. The van der Waals surface area contributed by atoms with Crippen LogP contribution >= 0.6 is 0 Å². The summed E-state index contributed by atoms with van der Waals surface area (Å²) in [4.78, 5) is 40.7. The molecular weight excluding hydrogens is 312 g/mol. The third kappa shape index (κ3) is 2.41. The van der Waals surface area contributed by atoms with Gasteiger partial charge in [-0.3, -0.25) is 18.7 Å². The quantitative estimate of drug-likeness (QED) is 0.644. The summed E-state index contributed by atoms with van der Waals surface area (Å²) in [5.74, 6) is 0.496. The molecule has 8 nitrogen and oxygen atoms in total. The Hall–Kier alpha value is -3.16. The van der Waals surface area contributed by atoms with E-state index in [1.807, 2.05) is 0 Å². The number of hydrogen-bond donors (Lipinski definition) is 0. The SMILES string of the molecule is COc1ccc(C(=O)Cn2cnc3c(=O)n(C)c(=O)n(C)c32)cc1. The van der Waals surface area contributed by atoms with Gasteiger partial charge in [-0.15, -0.1) is 0 Å². The van der Waals surface area contributed by atoms with E-state index in [1.165, 1.54) is 22.5 Å². The summed E-state index contributed by atoms with van der Waals surface area (Å²) in [5.41, 5.74) is 0.0356. The van der Waals surface area contributed by atoms with Crippen LogP contribution in [0.3, 0.4) is 0 Å². The van der Waals surface area contributed by atoms with Crippen LogP contribution in [-0.4, -0.2) is 31.6 Å². The summed E-state index contributed by atoms with van der Waals surface area (Å²) in [5, 5.41) is 0. The summed E-state index contributed by atoms with van der Waals surface area (Å²) in [6, 6.07) is 6.73. The molecular formula is C16H16N4O4. The number of carbonyl (C=O) groups excluding carboxylic acids is 1. The second kappa shape index (κ2) is 5.80. The highest BCUT2D eigenvalue weighted by molar-refractivity contribution is 5.96. The molecule has 0 aliphatic carbocycles. The molecule has 0 radical (unpaired) electrons. The smallest absolute Gasteiger partial charge is 0.332 e. The number of aryl methyl sites for hydroxylation is 1. The van der Waals surface area contributed by atoms with E-state index in [0.29, 0.717) is 17.0 Å². The Morgan fingerprint density at radius 3 is 2.42 bits per heavy atom. The molecule has 0 bridgehead atoms. The lowest BCUT2D eigenvalue weighted by atomic mass is 10.1. The normalized spacial score (nSPS) is 11.0. The van der Waals surface area contributed by atoms with Gasteiger partial charge in [-0.1, -0.05) is 0 Å². The highest BCUT2D eigenvalue weighted by atomic mass is 16.5. The van der Waals surface area contributed by atoms with E-state index in [2.05, 4.69) is 4.98 Å². The van der Waals surface area contributed by atoms with Crippen molar-refractivity contribution < 1.29 is 9.53 Å². The van der Waals surface area contributed by atoms with Crippen LogP contribution in [0, 0.1) is 0 Å². The van der Waals surface area contributed by atoms with Crippen LogP contribution in [0.4, 0.5) is 0 Å². The zero-order valence-electron chi connectivity index (χ0n) is 13.5. The topological polar surface area (TPSA) is 88.1 Å². The van der Waals surface area contributed by atoms with Crippen LogP contribution < -0.4 is 16.0 Å². The summed E-state index contributed by atoms with van der Waals surface area (Å²) < 4.78 is 8.87. The van der Waals surface area contributed by atoms with Crippen LogP contribution in [0.25, 0.3) is 11.2 Å². The molecule has 124 valence electrons. The molecule has 0 amide bonds. The summed E-state index contributed by atoms with van der Waals surface area (Å²) in [7, 11) is 4.49. The number of hydrogen-bond acceptors (Lipinski definition) is 5. The zero-order chi connectivity index (χ0) is 17.4. The Labute approximate surface area is 136 Å². The van der Waals surface area contributed by atoms with Crippen molar-refractivity contribution in [2.45, 2.75) is 6.54 Å². The molecule has 0 aliphatic heterocycles. The molecule has 24 heavy (non-hydrogen) atoms. The summed E-state index contributed by atoms with van der Waals surface area (Å²) >= 11 is 0. The third-order valence-corrected chi connectivity index (χ3v) is 3.93. The zero-order valence-corrected chi connectivity index (χ0v) is 13.5. The third-order valence-electron chi connectivity index (χ3n) is 3.93. The van der Waals surface area contributed by atoms with Crippen LogP contribution in [-0.2, 0) is 20.6 Å². The van der Waals surface area contributed by atoms with E-state index in [0.717, 1.165) is 4.57 Å². The molecule has 0 saturated carbocycles. The fourth-order valence-electron chi connectivity index (χ4n) is 2.58. The molecule has 3 aromatic rings. The monoisotopic (exact) mass is 328 g/mol. The van der Waals surface area contributed by atoms with E-state index < -0.39 is 11.2 Å². The first kappa shape index (κ1) is 15.7. The second-order valence-electron chi connectivity index (χ2n) is 5.40. The number of benzene rings is 1. The minimum atomic E-state index is -0.483. The fraction of sp³-hybridized carbons (Fsp3) is 0.250. The predicted molar refractivity (Wildman–Crippen MR) is 87.5 cm³/mol. The van der Waals surface area contributed by atoms with Gasteiger partial charge in [-0.2, -0.15) is 0 Å². The molecule has 0 N–H and O–H groups in total. The largest absolute Gasteiger partial charge is 0.497 e. The molecule has 0 unspecified atom stereocenters. The van der Waals surface area contributed by atoms with E-state index in [1.54, 1.807) is 38.4 Å². The molecule has 2 aromatic heterocycles. The Kier molecular flexibility index (Phi) is 3.80. The number of methoxy groups -OCH3 is 1. The van der Waals surface area contributed by atoms with Crippen molar-refractivity contribution in [2.75, 3.05) is 7.11 Å². The maximum atomic E-state index is 12.4. The summed E-state index contributed by atoms with van der Waals surface area (Å²) in [6.45, 7) is -0.0245. The van der Waals surface area contributed by atoms with Gasteiger partial charge in [-0.05, 0) is 24.3 Å². The van der Waals surface area contributed by atoms with Gasteiger partial charge in [0.05, 0.1) is 20.0 Å². The van der Waals surface area contributed by atoms with E-state index in [-0.39, 0.29) is 17.8 Å². The van der Waals surface area contributed by atoms with Gasteiger partial charge < -0.3 is 9.30 Å². The van der Waals surface area contributed by atoms with Crippen molar-refractivity contribution in [3.63, 3.8) is 0 Å². The number of imidazole rings is 1. The Bertz CT molecular complexity index is 1040. The van der Waals surface area contributed by atoms with Crippen molar-refractivity contribution in [2.24, 2.45) is 14.1 Å². The van der Waals surface area contributed by atoms with Gasteiger partial charge in [0.15, 0.2) is 11.3 Å². The number of Topliss-reactive ketones (excluding diaryl/α,β-unsaturated/α-hetero) is 1. The van der Waals surface area contributed by atoms with Crippen LogP contribution in [0.1, 0.15) is 10.4 Å². The van der Waals surface area contributed by atoms with E-state index in [4.69, 9.17) is 4.74 Å². The lowest BCUT2D eigenvalue weighted by Crippen LogP contribution is -2.37. The fourth-order valence-corrected chi connectivity index (χ4v) is 2.58. The number of ketones is 1. The van der Waals surface area contributed by atoms with Crippen molar-refractivity contribution in [1.82, 2.24) is 18.7 Å². The lowest BCUT2D eigenvalue weighted by Gasteiger charge is -2.08. The molecule has 8 heteroatoms. The molecule has 1 aromatic carbocycles. The molecule has 2 heterocycles. The molecule has 0 fully saturated rings. The maximum Gasteiger partial charge on any atom is 0.332 e. The molecule has 0 aliphatic rings. The second-order valence-corrected chi connectivity index (χ2v) is 5.40. The lowest BCUT2D eigenvalue weighted by molar-refractivity contribution is 0.0973. The Balaban J connectivity index is 2.03. The van der Waals surface area contributed by atoms with Gasteiger partial charge in [-0.25, -0.2) is 9.78 Å². The summed E-state index contributed by atoms with van der Waals surface area (Å²) in [6.07, 6.45) is 1.40. The van der Waals surface area contributed by atoms with Gasteiger partial charge in [0.25, 0.3) is 5.56 Å². The van der Waals surface area contributed by atoms with Crippen molar-refractivity contribution in [3.8, 4) is 5.75 Å². The number of fused-ring (bicyclic) bond motifs is 1. The van der Waals surface area contributed by atoms with E-state index in [9.17, 15) is 14.4 Å². The van der Waals surface area contributed by atoms with Crippen LogP contribution in [0.15, 0.2) is 40.2 Å². The van der Waals surface area contributed by atoms with E-state index >= 15 is 0 Å². The van der Waals surface area contributed by atoms with Crippen LogP contribution in [0.2, 0.25) is 0 Å². The van der Waals surface area contributed by atoms with Crippen molar-refractivity contribution in [3.05, 3.63) is 57.0 Å². The Morgan fingerprint density at radius 1 is 1.12 bits per heavy atom. The minimum Gasteiger partial charge on any atom is -0.497 e. The molecule has 3 rings (SSSR count). The average Bonchev–Trinajstić information content (AvgIpc) is 3.01. The number of nitrogens with zero attached hydrogens (tertiary/aromatic N) is 4. The van der Waals surface area contributed by atoms with Gasteiger partial charge >= 0.3 is 5.69 Å². The van der Waals surface area contributed by atoms with Crippen molar-refractivity contribution >= 4 is 16.9 Å². The van der Waals surface area contributed by atoms with Crippen LogP contribution in [0.5, 0.6) is 5.75 Å².